The molecule has 1 aliphatic carbocycles. The first-order chi connectivity index (χ1) is 15.5. The van der Waals surface area contributed by atoms with Gasteiger partial charge in [0.1, 0.15) is 0 Å². The maximum atomic E-state index is 13.3. The topological polar surface area (TPSA) is 87.5 Å². The lowest BCUT2D eigenvalue weighted by atomic mass is 10.1. The zero-order valence-electron chi connectivity index (χ0n) is 17.4. The second-order valence-electron chi connectivity index (χ2n) is 8.44. The Hall–Kier alpha value is -3.23. The molecule has 1 aliphatic heterocycles. The third-order valence-electron chi connectivity index (χ3n) is 6.52. The van der Waals surface area contributed by atoms with E-state index in [4.69, 9.17) is 0 Å². The van der Waals surface area contributed by atoms with Crippen molar-refractivity contribution in [1.82, 2.24) is 18.9 Å². The Morgan fingerprint density at radius 2 is 1.75 bits per heavy atom. The van der Waals surface area contributed by atoms with Crippen molar-refractivity contribution in [3.8, 4) is 11.3 Å². The van der Waals surface area contributed by atoms with Crippen LogP contribution < -0.4 is 5.56 Å². The van der Waals surface area contributed by atoms with Crippen molar-refractivity contribution < 1.29 is 8.42 Å². The molecule has 1 N–H and O–H groups in total. The van der Waals surface area contributed by atoms with Gasteiger partial charge in [0.25, 0.3) is 5.56 Å². The van der Waals surface area contributed by atoms with Crippen LogP contribution in [0.3, 0.4) is 0 Å². The zero-order chi connectivity index (χ0) is 21.9. The highest BCUT2D eigenvalue weighted by atomic mass is 32.2. The fourth-order valence-corrected chi connectivity index (χ4v) is 6.25. The standard InChI is InChI=1S/C24H22N4O3S/c29-24-20-11-12-27(32(30,31)19-10-9-16-7-4-8-18(16)13-19)15-22(20)25-23-14-21(26-28(23)24)17-5-2-1-3-6-17/h1-3,5-6,9-10,13-14,26H,4,7-8,11-12,15H2. The normalized spacial score (nSPS) is 16.2. The van der Waals surface area contributed by atoms with Crippen LogP contribution in [0, 0.1) is 0 Å². The fourth-order valence-electron chi connectivity index (χ4n) is 4.80. The molecular weight excluding hydrogens is 424 g/mol. The van der Waals surface area contributed by atoms with Crippen LogP contribution in [0.4, 0.5) is 0 Å². The molecule has 8 heteroatoms. The van der Waals surface area contributed by atoms with Crippen LogP contribution in [0.1, 0.15) is 28.8 Å². The summed E-state index contributed by atoms with van der Waals surface area (Å²) in [5.74, 6) is 0. The van der Waals surface area contributed by atoms with Gasteiger partial charge in [0.2, 0.25) is 10.0 Å². The molecule has 3 heterocycles. The van der Waals surface area contributed by atoms with Crippen LogP contribution in [-0.2, 0) is 35.8 Å². The number of fused-ring (bicyclic) bond motifs is 3. The molecule has 162 valence electrons. The van der Waals surface area contributed by atoms with Gasteiger partial charge in [0, 0.05) is 18.2 Å². The zero-order valence-corrected chi connectivity index (χ0v) is 18.2. The highest BCUT2D eigenvalue weighted by Gasteiger charge is 2.31. The van der Waals surface area contributed by atoms with Crippen LogP contribution in [0.2, 0.25) is 0 Å². The molecule has 0 atom stereocenters. The average molecular weight is 447 g/mol. The molecule has 2 aromatic heterocycles. The van der Waals surface area contributed by atoms with Gasteiger partial charge in [-0.25, -0.2) is 17.9 Å². The van der Waals surface area contributed by atoms with Gasteiger partial charge >= 0.3 is 0 Å². The number of nitrogens with zero attached hydrogens (tertiary/aromatic N) is 3. The molecule has 2 aromatic carbocycles. The van der Waals surface area contributed by atoms with E-state index in [-0.39, 0.29) is 18.6 Å². The number of aromatic nitrogens is 3. The van der Waals surface area contributed by atoms with Crippen LogP contribution in [-0.4, -0.2) is 33.9 Å². The Balaban J connectivity index is 1.37. The first kappa shape index (κ1) is 19.5. The first-order valence-corrected chi connectivity index (χ1v) is 12.3. The molecule has 0 amide bonds. The summed E-state index contributed by atoms with van der Waals surface area (Å²) in [6, 6.07) is 17.0. The predicted molar refractivity (Wildman–Crippen MR) is 121 cm³/mol. The molecular formula is C24H22N4O3S. The Morgan fingerprint density at radius 3 is 2.59 bits per heavy atom. The van der Waals surface area contributed by atoms with Crippen molar-refractivity contribution in [2.45, 2.75) is 37.1 Å². The van der Waals surface area contributed by atoms with Gasteiger partial charge in [0.15, 0.2) is 5.65 Å². The molecule has 4 aromatic rings. The van der Waals surface area contributed by atoms with E-state index in [1.807, 2.05) is 48.5 Å². The SMILES string of the molecule is O=c1c2c(nc3cc(-c4ccccc4)[nH]n13)CN(S(=O)(=O)c1ccc3c(c1)CCC3)CC2. The lowest BCUT2D eigenvalue weighted by Crippen LogP contribution is -2.39. The quantitative estimate of drug-likeness (QED) is 0.524. The maximum Gasteiger partial charge on any atom is 0.276 e. The van der Waals surface area contributed by atoms with Crippen molar-refractivity contribution in [2.24, 2.45) is 0 Å². The minimum Gasteiger partial charge on any atom is -0.289 e. The van der Waals surface area contributed by atoms with Gasteiger partial charge in [-0.1, -0.05) is 36.4 Å². The third kappa shape index (κ3) is 3.02. The molecule has 2 aliphatic rings. The summed E-state index contributed by atoms with van der Waals surface area (Å²) < 4.78 is 29.6. The van der Waals surface area contributed by atoms with E-state index >= 15 is 0 Å². The summed E-state index contributed by atoms with van der Waals surface area (Å²) in [6.45, 7) is 0.369. The second-order valence-corrected chi connectivity index (χ2v) is 10.4. The molecule has 7 nitrogen and oxygen atoms in total. The van der Waals surface area contributed by atoms with Gasteiger partial charge in [-0.2, -0.15) is 4.31 Å². The van der Waals surface area contributed by atoms with Crippen LogP contribution in [0.5, 0.6) is 0 Å². The Labute approximate surface area is 185 Å². The first-order valence-electron chi connectivity index (χ1n) is 10.8. The van der Waals surface area contributed by atoms with Crippen molar-refractivity contribution in [1.29, 1.82) is 0 Å². The lowest BCUT2D eigenvalue weighted by Gasteiger charge is -2.27. The fraction of sp³-hybridized carbons (Fsp3) is 0.250. The monoisotopic (exact) mass is 446 g/mol. The Kier molecular flexibility index (Phi) is 4.34. The van der Waals surface area contributed by atoms with E-state index in [2.05, 4.69) is 10.1 Å². The number of hydrogen-bond donors (Lipinski definition) is 1. The molecule has 0 saturated heterocycles. The van der Waals surface area contributed by atoms with E-state index in [0.29, 0.717) is 28.2 Å². The Morgan fingerprint density at radius 1 is 0.938 bits per heavy atom. The smallest absolute Gasteiger partial charge is 0.276 e. The van der Waals surface area contributed by atoms with Gasteiger partial charge < -0.3 is 0 Å². The number of aromatic amines is 1. The maximum absolute atomic E-state index is 13.3. The summed E-state index contributed by atoms with van der Waals surface area (Å²) in [7, 11) is -3.65. The van der Waals surface area contributed by atoms with Crippen LogP contribution in [0.15, 0.2) is 64.3 Å². The molecule has 0 bridgehead atoms. The van der Waals surface area contributed by atoms with E-state index < -0.39 is 10.0 Å². The minimum absolute atomic E-state index is 0.104. The largest absolute Gasteiger partial charge is 0.289 e. The molecule has 0 fully saturated rings. The molecule has 0 radical (unpaired) electrons. The van der Waals surface area contributed by atoms with Crippen molar-refractivity contribution >= 4 is 15.7 Å². The summed E-state index contributed by atoms with van der Waals surface area (Å²) in [6.07, 6.45) is 3.35. The average Bonchev–Trinajstić information content (AvgIpc) is 3.46. The van der Waals surface area contributed by atoms with Gasteiger partial charge in [-0.15, -0.1) is 0 Å². The van der Waals surface area contributed by atoms with Crippen molar-refractivity contribution in [3.63, 3.8) is 0 Å². The highest BCUT2D eigenvalue weighted by Crippen LogP contribution is 2.28. The van der Waals surface area contributed by atoms with Gasteiger partial charge in [0.05, 0.1) is 22.8 Å². The van der Waals surface area contributed by atoms with E-state index in [0.717, 1.165) is 36.1 Å². The number of benzene rings is 2. The highest BCUT2D eigenvalue weighted by molar-refractivity contribution is 7.89. The van der Waals surface area contributed by atoms with E-state index in [1.165, 1.54) is 14.4 Å². The van der Waals surface area contributed by atoms with E-state index in [9.17, 15) is 13.2 Å². The summed E-state index contributed by atoms with van der Waals surface area (Å²) in [4.78, 5) is 18.1. The summed E-state index contributed by atoms with van der Waals surface area (Å²) in [5.41, 5.74) is 5.55. The summed E-state index contributed by atoms with van der Waals surface area (Å²) in [5, 5.41) is 3.13. The number of hydrogen-bond acceptors (Lipinski definition) is 4. The van der Waals surface area contributed by atoms with E-state index in [1.54, 1.807) is 6.07 Å². The van der Waals surface area contributed by atoms with Crippen LogP contribution in [0.25, 0.3) is 16.9 Å². The number of nitrogens with one attached hydrogen (secondary N) is 1. The summed E-state index contributed by atoms with van der Waals surface area (Å²) >= 11 is 0. The van der Waals surface area contributed by atoms with Crippen molar-refractivity contribution in [3.05, 3.63) is 87.3 Å². The number of sulfonamides is 1. The predicted octanol–water partition coefficient (Wildman–Crippen LogP) is 2.93. The molecule has 0 unspecified atom stereocenters. The number of rotatable bonds is 3. The van der Waals surface area contributed by atoms with Gasteiger partial charge in [-0.3, -0.25) is 9.89 Å². The Bertz CT molecular complexity index is 1520. The van der Waals surface area contributed by atoms with Crippen LogP contribution >= 0.6 is 0 Å². The van der Waals surface area contributed by atoms with Gasteiger partial charge in [-0.05, 0) is 54.5 Å². The number of H-pyrrole nitrogens is 1. The van der Waals surface area contributed by atoms with Crippen molar-refractivity contribution in [2.75, 3.05) is 6.54 Å². The lowest BCUT2D eigenvalue weighted by molar-refractivity contribution is 0.383. The third-order valence-corrected chi connectivity index (χ3v) is 8.36. The molecule has 0 saturated carbocycles. The molecule has 0 spiro atoms. The minimum atomic E-state index is -3.65. The molecule has 32 heavy (non-hydrogen) atoms. The number of aryl methyl sites for hydroxylation is 2. The second kappa shape index (κ2) is 7.15. The molecule has 6 rings (SSSR count).